The zero-order valence-electron chi connectivity index (χ0n) is 18.1. The highest BCUT2D eigenvalue weighted by Crippen LogP contribution is 2.24. The van der Waals surface area contributed by atoms with E-state index in [1.54, 1.807) is 6.20 Å². The van der Waals surface area contributed by atoms with E-state index in [-0.39, 0.29) is 11.8 Å². The highest BCUT2D eigenvalue weighted by atomic mass is 16.2. The van der Waals surface area contributed by atoms with E-state index in [9.17, 15) is 9.59 Å². The molecule has 4 rings (SSSR count). The summed E-state index contributed by atoms with van der Waals surface area (Å²) in [6.45, 7) is 8.73. The molecule has 0 spiro atoms. The molecule has 0 saturated carbocycles. The Morgan fingerprint density at radius 3 is 2.63 bits per heavy atom. The van der Waals surface area contributed by atoms with Crippen LogP contribution in [-0.2, 0) is 13.0 Å². The Balaban J connectivity index is 1.40. The van der Waals surface area contributed by atoms with Gasteiger partial charge >= 0.3 is 0 Å². The van der Waals surface area contributed by atoms with Crippen LogP contribution >= 0.6 is 0 Å². The third-order valence-corrected chi connectivity index (χ3v) is 6.60. The molecule has 0 radical (unpaired) electrons. The van der Waals surface area contributed by atoms with E-state index in [1.165, 1.54) is 0 Å². The number of nitrogens with zero attached hydrogens (tertiary/aromatic N) is 4. The molecule has 1 N–H and O–H groups in total. The van der Waals surface area contributed by atoms with E-state index in [1.807, 2.05) is 41.6 Å². The lowest BCUT2D eigenvalue weighted by molar-refractivity contribution is 0.0661. The molecular weight excluding hydrogens is 378 g/mol. The molecule has 0 aliphatic carbocycles. The van der Waals surface area contributed by atoms with Crippen molar-refractivity contribution in [2.45, 2.75) is 33.2 Å². The van der Waals surface area contributed by atoms with Crippen molar-refractivity contribution in [3.05, 3.63) is 52.3 Å². The smallest absolute Gasteiger partial charge is 0.257 e. The molecule has 0 unspecified atom stereocenters. The molecule has 7 heteroatoms. The molecule has 2 aliphatic rings. The quantitative estimate of drug-likeness (QED) is 0.837. The van der Waals surface area contributed by atoms with Crippen LogP contribution in [0.15, 0.2) is 24.4 Å². The third kappa shape index (κ3) is 4.12. The Morgan fingerprint density at radius 1 is 1.10 bits per heavy atom. The predicted molar refractivity (Wildman–Crippen MR) is 116 cm³/mol. The van der Waals surface area contributed by atoms with Gasteiger partial charge in [-0.2, -0.15) is 5.10 Å². The molecule has 1 saturated heterocycles. The van der Waals surface area contributed by atoms with Crippen molar-refractivity contribution in [3.8, 4) is 0 Å². The molecule has 1 fully saturated rings. The Hall–Kier alpha value is -2.67. The van der Waals surface area contributed by atoms with Crippen LogP contribution in [0.3, 0.4) is 0 Å². The summed E-state index contributed by atoms with van der Waals surface area (Å²) in [6, 6.07) is 5.82. The number of aryl methyl sites for hydroxylation is 2. The van der Waals surface area contributed by atoms with Gasteiger partial charge < -0.3 is 15.1 Å². The van der Waals surface area contributed by atoms with Gasteiger partial charge in [-0.05, 0) is 56.8 Å². The number of likely N-dealkylation sites (N-methyl/N-ethyl adjacent to an activating group) is 1. The largest absolute Gasteiger partial charge is 0.352 e. The molecule has 1 atom stereocenters. The predicted octanol–water partition coefficient (Wildman–Crippen LogP) is 1.88. The minimum Gasteiger partial charge on any atom is -0.352 e. The Kier molecular flexibility index (Phi) is 5.90. The van der Waals surface area contributed by atoms with Gasteiger partial charge in [-0.1, -0.05) is 12.1 Å². The number of carbonyl (C=O) groups is 2. The fourth-order valence-electron chi connectivity index (χ4n) is 4.36. The minimum atomic E-state index is -0.0241. The van der Waals surface area contributed by atoms with Crippen LogP contribution in [-0.4, -0.2) is 71.2 Å². The Labute approximate surface area is 178 Å². The molecule has 1 aromatic carbocycles. The highest BCUT2D eigenvalue weighted by Gasteiger charge is 2.29. The van der Waals surface area contributed by atoms with Gasteiger partial charge in [0.1, 0.15) is 0 Å². The van der Waals surface area contributed by atoms with Crippen molar-refractivity contribution < 1.29 is 9.59 Å². The summed E-state index contributed by atoms with van der Waals surface area (Å²) in [7, 11) is 2.08. The molecule has 0 bridgehead atoms. The van der Waals surface area contributed by atoms with Crippen molar-refractivity contribution in [3.63, 3.8) is 0 Å². The van der Waals surface area contributed by atoms with Crippen LogP contribution in [0.4, 0.5) is 0 Å². The number of benzene rings is 1. The SMILES string of the molecule is Cc1cccc(C(=O)NC[C@@H]2CCn3ncc(C(=O)N4CCN(C)CC4)c3C2)c1C. The summed E-state index contributed by atoms with van der Waals surface area (Å²) in [5.41, 5.74) is 4.62. The maximum absolute atomic E-state index is 13.1. The standard InChI is InChI=1S/C23H31N5O2/c1-16-5-4-6-19(17(16)2)22(29)24-14-18-7-8-28-21(13-18)20(15-25-28)23(30)27-11-9-26(3)10-12-27/h4-6,15,18H,7-14H2,1-3H3,(H,24,29)/t18-/m1/s1. The van der Waals surface area contributed by atoms with Crippen LogP contribution in [0.25, 0.3) is 0 Å². The van der Waals surface area contributed by atoms with Crippen molar-refractivity contribution in [2.75, 3.05) is 39.8 Å². The second kappa shape index (κ2) is 8.60. The average molecular weight is 410 g/mol. The average Bonchev–Trinajstić information content (AvgIpc) is 3.17. The summed E-state index contributed by atoms with van der Waals surface area (Å²) in [5.74, 6) is 0.371. The topological polar surface area (TPSA) is 70.5 Å². The summed E-state index contributed by atoms with van der Waals surface area (Å²) in [5, 5.41) is 7.56. The van der Waals surface area contributed by atoms with Gasteiger partial charge in [0.15, 0.2) is 0 Å². The number of rotatable bonds is 4. The molecule has 3 heterocycles. The summed E-state index contributed by atoms with van der Waals surface area (Å²) in [4.78, 5) is 29.9. The third-order valence-electron chi connectivity index (χ3n) is 6.60. The number of nitrogens with one attached hydrogen (secondary N) is 1. The van der Waals surface area contributed by atoms with Crippen LogP contribution < -0.4 is 5.32 Å². The zero-order chi connectivity index (χ0) is 21.3. The van der Waals surface area contributed by atoms with Crippen molar-refractivity contribution in [1.82, 2.24) is 24.9 Å². The van der Waals surface area contributed by atoms with Gasteiger partial charge in [0.2, 0.25) is 0 Å². The molecule has 30 heavy (non-hydrogen) atoms. The summed E-state index contributed by atoms with van der Waals surface area (Å²) < 4.78 is 1.96. The highest BCUT2D eigenvalue weighted by molar-refractivity contribution is 5.96. The minimum absolute atomic E-state index is 0.0241. The molecule has 7 nitrogen and oxygen atoms in total. The maximum atomic E-state index is 13.1. The van der Waals surface area contributed by atoms with Gasteiger partial charge in [-0.15, -0.1) is 0 Å². The van der Waals surface area contributed by atoms with E-state index >= 15 is 0 Å². The van der Waals surface area contributed by atoms with Crippen LogP contribution in [0.2, 0.25) is 0 Å². The summed E-state index contributed by atoms with van der Waals surface area (Å²) >= 11 is 0. The lowest BCUT2D eigenvalue weighted by atomic mass is 9.93. The number of hydrogen-bond donors (Lipinski definition) is 1. The molecule has 2 aromatic rings. The number of piperazine rings is 1. The summed E-state index contributed by atoms with van der Waals surface area (Å²) in [6.07, 6.45) is 3.44. The second-order valence-electron chi connectivity index (χ2n) is 8.64. The van der Waals surface area contributed by atoms with E-state index in [4.69, 9.17) is 0 Å². The number of fused-ring (bicyclic) bond motifs is 1. The molecule has 160 valence electrons. The molecule has 2 aliphatic heterocycles. The van der Waals surface area contributed by atoms with Crippen LogP contribution in [0.5, 0.6) is 0 Å². The first kappa shape index (κ1) is 20.6. The number of amides is 2. The van der Waals surface area contributed by atoms with Gasteiger partial charge in [-0.3, -0.25) is 14.3 Å². The van der Waals surface area contributed by atoms with E-state index < -0.39 is 0 Å². The van der Waals surface area contributed by atoms with E-state index in [2.05, 4.69) is 22.4 Å². The lowest BCUT2D eigenvalue weighted by Gasteiger charge is -2.32. The van der Waals surface area contributed by atoms with Crippen molar-refractivity contribution in [1.29, 1.82) is 0 Å². The second-order valence-corrected chi connectivity index (χ2v) is 8.64. The fourth-order valence-corrected chi connectivity index (χ4v) is 4.36. The number of hydrogen-bond acceptors (Lipinski definition) is 4. The molecular formula is C23H31N5O2. The monoisotopic (exact) mass is 409 g/mol. The zero-order valence-corrected chi connectivity index (χ0v) is 18.1. The number of aromatic nitrogens is 2. The molecule has 1 aromatic heterocycles. The maximum Gasteiger partial charge on any atom is 0.257 e. The lowest BCUT2D eigenvalue weighted by Crippen LogP contribution is -2.47. The first-order valence-electron chi connectivity index (χ1n) is 10.8. The van der Waals surface area contributed by atoms with Gasteiger partial charge in [-0.25, -0.2) is 0 Å². The van der Waals surface area contributed by atoms with E-state index in [0.717, 1.165) is 73.5 Å². The first-order valence-corrected chi connectivity index (χ1v) is 10.8. The van der Waals surface area contributed by atoms with Gasteiger partial charge in [0, 0.05) is 44.8 Å². The number of carbonyl (C=O) groups excluding carboxylic acids is 2. The fraction of sp³-hybridized carbons (Fsp3) is 0.522. The Bertz CT molecular complexity index is 943. The molecule has 2 amide bonds. The van der Waals surface area contributed by atoms with Crippen molar-refractivity contribution >= 4 is 11.8 Å². The first-order chi connectivity index (χ1) is 14.4. The van der Waals surface area contributed by atoms with Crippen LogP contribution in [0.1, 0.15) is 44.0 Å². The van der Waals surface area contributed by atoms with Gasteiger partial charge in [0.05, 0.1) is 17.5 Å². The van der Waals surface area contributed by atoms with E-state index in [0.29, 0.717) is 12.5 Å². The van der Waals surface area contributed by atoms with Gasteiger partial charge in [0.25, 0.3) is 11.8 Å². The van der Waals surface area contributed by atoms with Crippen molar-refractivity contribution in [2.24, 2.45) is 5.92 Å². The normalized spacial score (nSPS) is 19.4. The van der Waals surface area contributed by atoms with Crippen LogP contribution in [0, 0.1) is 19.8 Å². The Morgan fingerprint density at radius 2 is 1.87 bits per heavy atom.